The van der Waals surface area contributed by atoms with Crippen LogP contribution in [0.2, 0.25) is 0 Å². The average molecular weight is 203 g/mol. The normalized spacial score (nSPS) is 24.0. The molecule has 2 atom stereocenters. The summed E-state index contributed by atoms with van der Waals surface area (Å²) in [5, 5.41) is 10.8. The maximum Gasteiger partial charge on any atom is 0.0887 e. The minimum Gasteiger partial charge on any atom is -0.387 e. The van der Waals surface area contributed by atoms with E-state index in [0.717, 1.165) is 25.0 Å². The van der Waals surface area contributed by atoms with Gasteiger partial charge in [-0.3, -0.25) is 0 Å². The third-order valence-corrected chi connectivity index (χ3v) is 4.45. The Morgan fingerprint density at radius 1 is 1.62 bits per heavy atom. The van der Waals surface area contributed by atoms with Crippen molar-refractivity contribution in [2.45, 2.75) is 44.0 Å². The molecule has 0 bridgehead atoms. The molecule has 0 amide bonds. The van der Waals surface area contributed by atoms with Crippen molar-refractivity contribution < 1.29 is 5.11 Å². The van der Waals surface area contributed by atoms with Crippen molar-refractivity contribution in [1.29, 1.82) is 0 Å². The SMILES string of the molecule is CCC(C)SCC(O)(CN)C1CC1. The predicted molar refractivity (Wildman–Crippen MR) is 58.9 cm³/mol. The van der Waals surface area contributed by atoms with Crippen molar-refractivity contribution >= 4 is 11.8 Å². The quantitative estimate of drug-likeness (QED) is 0.689. The standard InChI is InChI=1S/C10H21NOS/c1-3-8(2)13-7-10(12,6-11)9-4-5-9/h8-9,12H,3-7,11H2,1-2H3. The van der Waals surface area contributed by atoms with Crippen LogP contribution >= 0.6 is 11.8 Å². The van der Waals surface area contributed by atoms with E-state index in [1.54, 1.807) is 0 Å². The molecule has 13 heavy (non-hydrogen) atoms. The molecule has 0 aromatic rings. The number of hydrogen-bond acceptors (Lipinski definition) is 3. The first-order chi connectivity index (χ1) is 6.12. The summed E-state index contributed by atoms with van der Waals surface area (Å²) in [4.78, 5) is 0. The topological polar surface area (TPSA) is 46.2 Å². The number of rotatable bonds is 6. The maximum absolute atomic E-state index is 10.2. The Labute approximate surface area is 85.3 Å². The highest BCUT2D eigenvalue weighted by Crippen LogP contribution is 2.41. The first-order valence-electron chi connectivity index (χ1n) is 5.16. The van der Waals surface area contributed by atoms with E-state index in [-0.39, 0.29) is 0 Å². The van der Waals surface area contributed by atoms with E-state index < -0.39 is 5.60 Å². The van der Waals surface area contributed by atoms with Gasteiger partial charge in [-0.2, -0.15) is 11.8 Å². The van der Waals surface area contributed by atoms with Crippen LogP contribution in [0, 0.1) is 5.92 Å². The Hall–Kier alpha value is 0.270. The fraction of sp³-hybridized carbons (Fsp3) is 1.00. The van der Waals surface area contributed by atoms with Crippen molar-refractivity contribution in [3.05, 3.63) is 0 Å². The van der Waals surface area contributed by atoms with Gasteiger partial charge >= 0.3 is 0 Å². The summed E-state index contributed by atoms with van der Waals surface area (Å²) in [6.07, 6.45) is 3.49. The fourth-order valence-electron chi connectivity index (χ4n) is 1.37. The summed E-state index contributed by atoms with van der Waals surface area (Å²) in [6.45, 7) is 4.80. The summed E-state index contributed by atoms with van der Waals surface area (Å²) in [6, 6.07) is 0. The van der Waals surface area contributed by atoms with E-state index in [9.17, 15) is 5.11 Å². The van der Waals surface area contributed by atoms with E-state index >= 15 is 0 Å². The van der Waals surface area contributed by atoms with Crippen LogP contribution in [0.4, 0.5) is 0 Å². The molecule has 2 nitrogen and oxygen atoms in total. The second-order valence-corrected chi connectivity index (χ2v) is 5.54. The van der Waals surface area contributed by atoms with Crippen LogP contribution in [0.25, 0.3) is 0 Å². The Morgan fingerprint density at radius 3 is 2.62 bits per heavy atom. The van der Waals surface area contributed by atoms with Crippen molar-refractivity contribution in [3.63, 3.8) is 0 Å². The lowest BCUT2D eigenvalue weighted by atomic mass is 10.0. The van der Waals surface area contributed by atoms with Gasteiger partial charge in [0.05, 0.1) is 5.60 Å². The van der Waals surface area contributed by atoms with Crippen molar-refractivity contribution in [2.24, 2.45) is 11.7 Å². The summed E-state index contributed by atoms with van der Waals surface area (Å²) in [5.74, 6) is 1.29. The number of thioether (sulfide) groups is 1. The number of nitrogens with two attached hydrogens (primary N) is 1. The van der Waals surface area contributed by atoms with Crippen LogP contribution in [0.1, 0.15) is 33.1 Å². The molecule has 3 heteroatoms. The van der Waals surface area contributed by atoms with Crippen LogP contribution in [0.5, 0.6) is 0 Å². The Kier molecular flexibility index (Phi) is 4.07. The third-order valence-electron chi connectivity index (χ3n) is 2.88. The van der Waals surface area contributed by atoms with Gasteiger partial charge < -0.3 is 10.8 Å². The van der Waals surface area contributed by atoms with Crippen LogP contribution in [0.15, 0.2) is 0 Å². The Morgan fingerprint density at radius 2 is 2.23 bits per heavy atom. The van der Waals surface area contributed by atoms with Gasteiger partial charge in [-0.1, -0.05) is 13.8 Å². The zero-order chi connectivity index (χ0) is 9.90. The molecule has 2 unspecified atom stereocenters. The van der Waals surface area contributed by atoms with Crippen molar-refractivity contribution in [3.8, 4) is 0 Å². The lowest BCUT2D eigenvalue weighted by Crippen LogP contribution is -2.43. The van der Waals surface area contributed by atoms with Crippen LogP contribution < -0.4 is 5.73 Å². The van der Waals surface area contributed by atoms with Crippen molar-refractivity contribution in [2.75, 3.05) is 12.3 Å². The lowest BCUT2D eigenvalue weighted by molar-refractivity contribution is 0.0509. The minimum absolute atomic E-state index is 0.418. The molecule has 0 aromatic heterocycles. The molecule has 78 valence electrons. The molecule has 1 aliphatic carbocycles. The van der Waals surface area contributed by atoms with E-state index in [0.29, 0.717) is 17.7 Å². The zero-order valence-corrected chi connectivity index (χ0v) is 9.44. The Bertz CT molecular complexity index is 161. The molecular weight excluding hydrogens is 182 g/mol. The molecule has 0 spiro atoms. The van der Waals surface area contributed by atoms with Gasteiger partial charge in [-0.25, -0.2) is 0 Å². The van der Waals surface area contributed by atoms with Gasteiger partial charge in [0.1, 0.15) is 0 Å². The Balaban J connectivity index is 2.30. The van der Waals surface area contributed by atoms with E-state index in [1.165, 1.54) is 0 Å². The second kappa shape index (κ2) is 4.67. The molecule has 1 saturated carbocycles. The highest BCUT2D eigenvalue weighted by Gasteiger charge is 2.42. The lowest BCUT2D eigenvalue weighted by Gasteiger charge is -2.27. The fourth-order valence-corrected chi connectivity index (χ4v) is 2.53. The molecular formula is C10H21NOS. The second-order valence-electron chi connectivity index (χ2n) is 4.11. The largest absolute Gasteiger partial charge is 0.387 e. The average Bonchev–Trinajstić information content (AvgIpc) is 2.96. The third kappa shape index (κ3) is 3.15. The molecule has 1 aliphatic rings. The summed E-state index contributed by atoms with van der Waals surface area (Å²) in [7, 11) is 0. The monoisotopic (exact) mass is 203 g/mol. The maximum atomic E-state index is 10.2. The molecule has 0 heterocycles. The van der Waals surface area contributed by atoms with Gasteiger partial charge in [-0.15, -0.1) is 0 Å². The first-order valence-corrected chi connectivity index (χ1v) is 6.21. The minimum atomic E-state index is -0.575. The van der Waals surface area contributed by atoms with Gasteiger partial charge in [0.15, 0.2) is 0 Å². The predicted octanol–water partition coefficient (Wildman–Crippen LogP) is 1.62. The van der Waals surface area contributed by atoms with Gasteiger partial charge in [0.2, 0.25) is 0 Å². The van der Waals surface area contributed by atoms with Crippen LogP contribution in [0.3, 0.4) is 0 Å². The van der Waals surface area contributed by atoms with Crippen molar-refractivity contribution in [1.82, 2.24) is 0 Å². The molecule has 0 aromatic carbocycles. The van der Waals surface area contributed by atoms with E-state index in [1.807, 2.05) is 11.8 Å². The first kappa shape index (κ1) is 11.3. The molecule has 0 aliphatic heterocycles. The molecule has 1 fully saturated rings. The van der Waals surface area contributed by atoms with E-state index in [2.05, 4.69) is 13.8 Å². The molecule has 0 saturated heterocycles. The van der Waals surface area contributed by atoms with Crippen LogP contribution in [-0.2, 0) is 0 Å². The molecule has 3 N–H and O–H groups in total. The van der Waals surface area contributed by atoms with E-state index in [4.69, 9.17) is 5.73 Å². The van der Waals surface area contributed by atoms with Gasteiger partial charge in [0.25, 0.3) is 0 Å². The number of aliphatic hydroxyl groups is 1. The van der Waals surface area contributed by atoms with Crippen LogP contribution in [-0.4, -0.2) is 28.3 Å². The van der Waals surface area contributed by atoms with Gasteiger partial charge in [0, 0.05) is 17.5 Å². The highest BCUT2D eigenvalue weighted by molar-refractivity contribution is 7.99. The highest BCUT2D eigenvalue weighted by atomic mass is 32.2. The zero-order valence-electron chi connectivity index (χ0n) is 8.62. The summed E-state index contributed by atoms with van der Waals surface area (Å²) in [5.41, 5.74) is 5.04. The summed E-state index contributed by atoms with van der Waals surface area (Å²) >= 11 is 1.85. The molecule has 1 rings (SSSR count). The smallest absolute Gasteiger partial charge is 0.0887 e. The summed E-state index contributed by atoms with van der Waals surface area (Å²) < 4.78 is 0. The number of hydrogen-bond donors (Lipinski definition) is 2. The molecule has 0 radical (unpaired) electrons. The van der Waals surface area contributed by atoms with Gasteiger partial charge in [-0.05, 0) is 25.2 Å².